The van der Waals surface area contributed by atoms with Gasteiger partial charge in [-0.2, -0.15) is 0 Å². The van der Waals surface area contributed by atoms with Gasteiger partial charge < -0.3 is 0 Å². The van der Waals surface area contributed by atoms with Crippen molar-refractivity contribution >= 4 is 0 Å². The summed E-state index contributed by atoms with van der Waals surface area (Å²) >= 11 is 0. The van der Waals surface area contributed by atoms with Crippen molar-refractivity contribution in [1.82, 2.24) is 10.4 Å². The Balaban J connectivity index is 2.16. The molecule has 1 aromatic carbocycles. The minimum absolute atomic E-state index is 0.0537. The molecule has 17 heavy (non-hydrogen) atoms. The van der Waals surface area contributed by atoms with Crippen molar-refractivity contribution in [3.63, 3.8) is 0 Å². The Kier molecular flexibility index (Phi) is 3.85. The largest absolute Gasteiger partial charge is 0.271 e. The number of nitrogens with one attached hydrogen (secondary N) is 1. The first-order valence-electron chi connectivity index (χ1n) is 5.72. The standard InChI is InChI=1S/C14H17N3/c1-11-5-4-6-12(9-11)10-14(17-15)13-7-2-3-8-16-13/h2-9,14,17H,10,15H2,1H3. The fourth-order valence-corrected chi connectivity index (χ4v) is 1.91. The molecular weight excluding hydrogens is 210 g/mol. The average Bonchev–Trinajstić information content (AvgIpc) is 2.37. The smallest absolute Gasteiger partial charge is 0.0672 e. The summed E-state index contributed by atoms with van der Waals surface area (Å²) in [5.74, 6) is 5.60. The molecule has 0 aliphatic rings. The number of benzene rings is 1. The minimum atomic E-state index is 0.0537. The van der Waals surface area contributed by atoms with Crippen LogP contribution in [0.15, 0.2) is 48.7 Å². The molecule has 88 valence electrons. The fourth-order valence-electron chi connectivity index (χ4n) is 1.91. The predicted molar refractivity (Wildman–Crippen MR) is 69.2 cm³/mol. The van der Waals surface area contributed by atoms with Crippen molar-refractivity contribution in [1.29, 1.82) is 0 Å². The summed E-state index contributed by atoms with van der Waals surface area (Å²) in [6.45, 7) is 2.09. The van der Waals surface area contributed by atoms with E-state index in [1.54, 1.807) is 6.20 Å². The highest BCUT2D eigenvalue weighted by Gasteiger charge is 2.11. The molecule has 1 heterocycles. The molecule has 1 aromatic heterocycles. The van der Waals surface area contributed by atoms with E-state index in [9.17, 15) is 0 Å². The van der Waals surface area contributed by atoms with Crippen LogP contribution in [-0.2, 0) is 6.42 Å². The summed E-state index contributed by atoms with van der Waals surface area (Å²) in [4.78, 5) is 4.33. The first-order valence-corrected chi connectivity index (χ1v) is 5.72. The van der Waals surface area contributed by atoms with Crippen LogP contribution in [0.4, 0.5) is 0 Å². The Morgan fingerprint density at radius 2 is 2.12 bits per heavy atom. The molecule has 3 nitrogen and oxygen atoms in total. The number of hydrogen-bond acceptors (Lipinski definition) is 3. The number of rotatable bonds is 4. The van der Waals surface area contributed by atoms with E-state index >= 15 is 0 Å². The molecule has 1 unspecified atom stereocenters. The summed E-state index contributed by atoms with van der Waals surface area (Å²) in [6.07, 6.45) is 2.63. The Morgan fingerprint density at radius 3 is 2.76 bits per heavy atom. The lowest BCUT2D eigenvalue weighted by molar-refractivity contribution is 0.538. The molecule has 1 atom stereocenters. The highest BCUT2D eigenvalue weighted by Crippen LogP contribution is 2.16. The zero-order chi connectivity index (χ0) is 12.1. The third kappa shape index (κ3) is 3.12. The first-order chi connectivity index (χ1) is 8.29. The lowest BCUT2D eigenvalue weighted by Gasteiger charge is -2.15. The van der Waals surface area contributed by atoms with Crippen LogP contribution < -0.4 is 11.3 Å². The minimum Gasteiger partial charge on any atom is -0.271 e. The molecule has 0 aliphatic carbocycles. The second kappa shape index (κ2) is 5.57. The lowest BCUT2D eigenvalue weighted by atomic mass is 10.0. The van der Waals surface area contributed by atoms with Gasteiger partial charge in [0.05, 0.1) is 11.7 Å². The third-order valence-electron chi connectivity index (χ3n) is 2.77. The topological polar surface area (TPSA) is 50.9 Å². The van der Waals surface area contributed by atoms with E-state index in [1.807, 2.05) is 18.2 Å². The highest BCUT2D eigenvalue weighted by molar-refractivity contribution is 5.24. The lowest BCUT2D eigenvalue weighted by Crippen LogP contribution is -2.30. The predicted octanol–water partition coefficient (Wildman–Crippen LogP) is 2.14. The second-order valence-corrected chi connectivity index (χ2v) is 4.17. The Labute approximate surface area is 102 Å². The van der Waals surface area contributed by atoms with Gasteiger partial charge in [0, 0.05) is 6.20 Å². The van der Waals surface area contributed by atoms with Gasteiger partial charge in [-0.3, -0.25) is 16.3 Å². The van der Waals surface area contributed by atoms with Gasteiger partial charge >= 0.3 is 0 Å². The number of nitrogens with two attached hydrogens (primary N) is 1. The zero-order valence-corrected chi connectivity index (χ0v) is 9.93. The van der Waals surface area contributed by atoms with E-state index in [-0.39, 0.29) is 6.04 Å². The van der Waals surface area contributed by atoms with Gasteiger partial charge in [0.15, 0.2) is 0 Å². The normalized spacial score (nSPS) is 12.4. The van der Waals surface area contributed by atoms with Crippen LogP contribution in [0.25, 0.3) is 0 Å². The number of aryl methyl sites for hydroxylation is 1. The highest BCUT2D eigenvalue weighted by atomic mass is 15.2. The van der Waals surface area contributed by atoms with Crippen LogP contribution in [0.3, 0.4) is 0 Å². The van der Waals surface area contributed by atoms with Gasteiger partial charge in [0.2, 0.25) is 0 Å². The van der Waals surface area contributed by atoms with E-state index < -0.39 is 0 Å². The summed E-state index contributed by atoms with van der Waals surface area (Å²) in [5, 5.41) is 0. The van der Waals surface area contributed by atoms with Crippen LogP contribution >= 0.6 is 0 Å². The van der Waals surface area contributed by atoms with Gasteiger partial charge in [-0.25, -0.2) is 0 Å². The van der Waals surface area contributed by atoms with E-state index in [1.165, 1.54) is 11.1 Å². The number of aromatic nitrogens is 1. The summed E-state index contributed by atoms with van der Waals surface area (Å²) in [5.41, 5.74) is 6.32. The maximum atomic E-state index is 5.60. The third-order valence-corrected chi connectivity index (χ3v) is 2.77. The molecule has 0 radical (unpaired) electrons. The SMILES string of the molecule is Cc1cccc(CC(NN)c2ccccn2)c1. The van der Waals surface area contributed by atoms with Crippen molar-refractivity contribution in [3.8, 4) is 0 Å². The van der Waals surface area contributed by atoms with Gasteiger partial charge in [-0.15, -0.1) is 0 Å². The van der Waals surface area contributed by atoms with Crippen LogP contribution in [-0.4, -0.2) is 4.98 Å². The van der Waals surface area contributed by atoms with Crippen LogP contribution in [0, 0.1) is 6.92 Å². The Hall–Kier alpha value is -1.71. The van der Waals surface area contributed by atoms with Gasteiger partial charge in [-0.1, -0.05) is 35.9 Å². The summed E-state index contributed by atoms with van der Waals surface area (Å²) in [6, 6.07) is 14.4. The maximum absolute atomic E-state index is 5.60. The Morgan fingerprint density at radius 1 is 1.24 bits per heavy atom. The van der Waals surface area contributed by atoms with Crippen molar-refractivity contribution in [2.24, 2.45) is 5.84 Å². The molecule has 3 N–H and O–H groups in total. The molecule has 0 aliphatic heterocycles. The van der Waals surface area contributed by atoms with Gasteiger partial charge in [0.25, 0.3) is 0 Å². The molecule has 3 heteroatoms. The summed E-state index contributed by atoms with van der Waals surface area (Å²) < 4.78 is 0. The van der Waals surface area contributed by atoms with Crippen molar-refractivity contribution in [3.05, 3.63) is 65.5 Å². The van der Waals surface area contributed by atoms with Crippen molar-refractivity contribution < 1.29 is 0 Å². The zero-order valence-electron chi connectivity index (χ0n) is 9.93. The molecule has 0 saturated heterocycles. The van der Waals surface area contributed by atoms with Crippen molar-refractivity contribution in [2.45, 2.75) is 19.4 Å². The fraction of sp³-hybridized carbons (Fsp3) is 0.214. The van der Waals surface area contributed by atoms with Crippen LogP contribution in [0.5, 0.6) is 0 Å². The number of hydrazine groups is 1. The van der Waals surface area contributed by atoms with E-state index in [4.69, 9.17) is 5.84 Å². The first kappa shape index (κ1) is 11.8. The average molecular weight is 227 g/mol. The van der Waals surface area contributed by atoms with E-state index in [0.717, 1.165) is 12.1 Å². The monoisotopic (exact) mass is 227 g/mol. The van der Waals surface area contributed by atoms with Crippen LogP contribution in [0.2, 0.25) is 0 Å². The van der Waals surface area contributed by atoms with Gasteiger partial charge in [0.1, 0.15) is 0 Å². The molecule has 0 spiro atoms. The van der Waals surface area contributed by atoms with Gasteiger partial charge in [-0.05, 0) is 31.0 Å². The molecule has 2 rings (SSSR count). The van der Waals surface area contributed by atoms with Crippen molar-refractivity contribution in [2.75, 3.05) is 0 Å². The molecule has 0 amide bonds. The molecule has 0 fully saturated rings. The number of nitrogens with zero attached hydrogens (tertiary/aromatic N) is 1. The number of pyridine rings is 1. The quantitative estimate of drug-likeness (QED) is 0.621. The van der Waals surface area contributed by atoms with E-state index in [2.05, 4.69) is 41.6 Å². The number of hydrogen-bond donors (Lipinski definition) is 2. The molecule has 0 bridgehead atoms. The molecular formula is C14H17N3. The summed E-state index contributed by atoms with van der Waals surface area (Å²) in [7, 11) is 0. The second-order valence-electron chi connectivity index (χ2n) is 4.17. The molecule has 2 aromatic rings. The van der Waals surface area contributed by atoms with E-state index in [0.29, 0.717) is 0 Å². The Bertz CT molecular complexity index is 468. The maximum Gasteiger partial charge on any atom is 0.0672 e. The molecule has 0 saturated carbocycles. The van der Waals surface area contributed by atoms with Crippen LogP contribution in [0.1, 0.15) is 22.9 Å².